The largest absolute Gasteiger partial charge is 0.376 e. The van der Waals surface area contributed by atoms with Gasteiger partial charge in [0.25, 0.3) is 0 Å². The van der Waals surface area contributed by atoms with E-state index >= 15 is 0 Å². The summed E-state index contributed by atoms with van der Waals surface area (Å²) in [5, 5.41) is 0. The standard InChI is InChI=1S/C11H22N2O2/c1-4-5-9(12)11(14)13(3)10-6-7-15-8(10)2/h8-10H,4-7,12H2,1-3H3/t8?,9-,10?/m1/s1. The van der Waals surface area contributed by atoms with Gasteiger partial charge in [0.15, 0.2) is 0 Å². The maximum absolute atomic E-state index is 11.9. The molecule has 1 aliphatic heterocycles. The van der Waals surface area contributed by atoms with Crippen molar-refractivity contribution >= 4 is 5.91 Å². The number of likely N-dealkylation sites (N-methyl/N-ethyl adjacent to an activating group) is 1. The summed E-state index contributed by atoms with van der Waals surface area (Å²) in [4.78, 5) is 13.7. The van der Waals surface area contributed by atoms with Crippen LogP contribution in [0.4, 0.5) is 0 Å². The highest BCUT2D eigenvalue weighted by Gasteiger charge is 2.32. The first-order valence-electron chi connectivity index (χ1n) is 5.71. The predicted octanol–water partition coefficient (Wildman–Crippen LogP) is 0.750. The third-order valence-electron chi connectivity index (χ3n) is 3.10. The van der Waals surface area contributed by atoms with Crippen LogP contribution in [0.1, 0.15) is 33.1 Å². The Morgan fingerprint density at radius 2 is 2.33 bits per heavy atom. The summed E-state index contributed by atoms with van der Waals surface area (Å²) in [6.45, 7) is 4.79. The Bertz CT molecular complexity index is 221. The maximum Gasteiger partial charge on any atom is 0.239 e. The molecule has 0 bridgehead atoms. The summed E-state index contributed by atoms with van der Waals surface area (Å²) in [6.07, 6.45) is 2.75. The average Bonchev–Trinajstić information content (AvgIpc) is 2.62. The van der Waals surface area contributed by atoms with Gasteiger partial charge in [-0.25, -0.2) is 0 Å². The lowest BCUT2D eigenvalue weighted by Crippen LogP contribution is -2.48. The number of rotatable bonds is 4. The minimum atomic E-state index is -0.354. The van der Waals surface area contributed by atoms with E-state index in [4.69, 9.17) is 10.5 Å². The molecular weight excluding hydrogens is 192 g/mol. The second-order valence-corrected chi connectivity index (χ2v) is 4.28. The number of hydrogen-bond acceptors (Lipinski definition) is 3. The van der Waals surface area contributed by atoms with E-state index in [1.807, 2.05) is 20.9 Å². The van der Waals surface area contributed by atoms with E-state index in [1.165, 1.54) is 0 Å². The average molecular weight is 214 g/mol. The molecule has 1 amide bonds. The topological polar surface area (TPSA) is 55.6 Å². The van der Waals surface area contributed by atoms with Crippen LogP contribution in [0.5, 0.6) is 0 Å². The molecule has 1 aliphatic rings. The highest BCUT2D eigenvalue weighted by atomic mass is 16.5. The Morgan fingerprint density at radius 3 is 2.80 bits per heavy atom. The SMILES string of the molecule is CCC[C@@H](N)C(=O)N(C)C1CCOC1C. The summed E-state index contributed by atoms with van der Waals surface area (Å²) in [7, 11) is 1.83. The number of carbonyl (C=O) groups is 1. The molecule has 4 heteroatoms. The number of ether oxygens (including phenoxy) is 1. The molecule has 0 aromatic carbocycles. The molecule has 15 heavy (non-hydrogen) atoms. The van der Waals surface area contributed by atoms with E-state index in [1.54, 1.807) is 4.90 Å². The molecule has 0 aromatic rings. The van der Waals surface area contributed by atoms with Crippen LogP contribution in [0.15, 0.2) is 0 Å². The molecule has 0 saturated carbocycles. The second kappa shape index (κ2) is 5.47. The van der Waals surface area contributed by atoms with Crippen LogP contribution in [-0.2, 0) is 9.53 Å². The van der Waals surface area contributed by atoms with E-state index in [0.29, 0.717) is 0 Å². The van der Waals surface area contributed by atoms with Crippen molar-refractivity contribution in [2.75, 3.05) is 13.7 Å². The van der Waals surface area contributed by atoms with Crippen molar-refractivity contribution in [3.63, 3.8) is 0 Å². The van der Waals surface area contributed by atoms with Crippen LogP contribution >= 0.6 is 0 Å². The molecule has 1 rings (SSSR count). The van der Waals surface area contributed by atoms with Crippen molar-refractivity contribution in [3.05, 3.63) is 0 Å². The molecular formula is C11H22N2O2. The second-order valence-electron chi connectivity index (χ2n) is 4.28. The van der Waals surface area contributed by atoms with Gasteiger partial charge in [-0.2, -0.15) is 0 Å². The van der Waals surface area contributed by atoms with Gasteiger partial charge in [-0.15, -0.1) is 0 Å². The minimum absolute atomic E-state index is 0.0409. The Balaban J connectivity index is 2.51. The number of nitrogens with two attached hydrogens (primary N) is 1. The van der Waals surface area contributed by atoms with Crippen molar-refractivity contribution in [1.29, 1.82) is 0 Å². The van der Waals surface area contributed by atoms with Gasteiger partial charge in [0, 0.05) is 13.7 Å². The molecule has 88 valence electrons. The fraction of sp³-hybridized carbons (Fsp3) is 0.909. The predicted molar refractivity (Wildman–Crippen MR) is 59.5 cm³/mol. The molecule has 2 unspecified atom stereocenters. The van der Waals surface area contributed by atoms with Crippen LogP contribution in [0, 0.1) is 0 Å². The zero-order chi connectivity index (χ0) is 11.4. The number of carbonyl (C=O) groups excluding carboxylic acids is 1. The minimum Gasteiger partial charge on any atom is -0.376 e. The lowest BCUT2D eigenvalue weighted by molar-refractivity contribution is -0.134. The molecule has 0 aromatic heterocycles. The molecule has 0 spiro atoms. The quantitative estimate of drug-likeness (QED) is 0.751. The van der Waals surface area contributed by atoms with Gasteiger partial charge >= 0.3 is 0 Å². The Morgan fingerprint density at radius 1 is 1.67 bits per heavy atom. The summed E-state index contributed by atoms with van der Waals surface area (Å²) in [5.74, 6) is 0.0409. The molecule has 4 nitrogen and oxygen atoms in total. The van der Waals surface area contributed by atoms with Crippen LogP contribution in [-0.4, -0.2) is 42.6 Å². The third-order valence-corrected chi connectivity index (χ3v) is 3.10. The molecule has 1 saturated heterocycles. The first kappa shape index (κ1) is 12.5. The van der Waals surface area contributed by atoms with Crippen LogP contribution in [0.25, 0.3) is 0 Å². The smallest absolute Gasteiger partial charge is 0.239 e. The van der Waals surface area contributed by atoms with Crippen LogP contribution < -0.4 is 5.73 Å². The van der Waals surface area contributed by atoms with E-state index in [-0.39, 0.29) is 24.1 Å². The summed E-state index contributed by atoms with van der Waals surface area (Å²) >= 11 is 0. The maximum atomic E-state index is 11.9. The Labute approximate surface area is 91.8 Å². The third kappa shape index (κ3) is 2.92. The highest BCUT2D eigenvalue weighted by Crippen LogP contribution is 2.19. The number of nitrogens with zero attached hydrogens (tertiary/aromatic N) is 1. The summed E-state index contributed by atoms with van der Waals surface area (Å²) < 4.78 is 5.44. The number of amides is 1. The number of hydrogen-bond donors (Lipinski definition) is 1. The molecule has 0 radical (unpaired) electrons. The van der Waals surface area contributed by atoms with E-state index in [2.05, 4.69) is 0 Å². The van der Waals surface area contributed by atoms with Gasteiger partial charge in [0.05, 0.1) is 18.2 Å². The summed E-state index contributed by atoms with van der Waals surface area (Å²) in [5.41, 5.74) is 5.81. The zero-order valence-electron chi connectivity index (χ0n) is 9.90. The van der Waals surface area contributed by atoms with Gasteiger partial charge in [-0.1, -0.05) is 13.3 Å². The normalized spacial score (nSPS) is 27.7. The van der Waals surface area contributed by atoms with Gasteiger partial charge in [0.2, 0.25) is 5.91 Å². The van der Waals surface area contributed by atoms with Gasteiger partial charge in [0.1, 0.15) is 0 Å². The van der Waals surface area contributed by atoms with Gasteiger partial charge in [-0.05, 0) is 19.8 Å². The van der Waals surface area contributed by atoms with Crippen molar-refractivity contribution in [2.45, 2.75) is 51.3 Å². The molecule has 1 heterocycles. The van der Waals surface area contributed by atoms with Crippen molar-refractivity contribution in [1.82, 2.24) is 4.90 Å². The molecule has 1 fully saturated rings. The van der Waals surface area contributed by atoms with Crippen molar-refractivity contribution < 1.29 is 9.53 Å². The molecule has 0 aliphatic carbocycles. The molecule has 2 N–H and O–H groups in total. The molecule has 3 atom stereocenters. The lowest BCUT2D eigenvalue weighted by atomic mass is 10.1. The lowest BCUT2D eigenvalue weighted by Gasteiger charge is -2.29. The van der Waals surface area contributed by atoms with Crippen LogP contribution in [0.2, 0.25) is 0 Å². The highest BCUT2D eigenvalue weighted by molar-refractivity contribution is 5.81. The zero-order valence-corrected chi connectivity index (χ0v) is 9.90. The Kier molecular flexibility index (Phi) is 4.54. The fourth-order valence-corrected chi connectivity index (χ4v) is 2.09. The van der Waals surface area contributed by atoms with E-state index in [9.17, 15) is 4.79 Å². The first-order valence-corrected chi connectivity index (χ1v) is 5.71. The van der Waals surface area contributed by atoms with Gasteiger partial charge < -0.3 is 15.4 Å². The fourth-order valence-electron chi connectivity index (χ4n) is 2.09. The van der Waals surface area contributed by atoms with Gasteiger partial charge in [-0.3, -0.25) is 4.79 Å². The Hall–Kier alpha value is -0.610. The van der Waals surface area contributed by atoms with E-state index in [0.717, 1.165) is 25.9 Å². The van der Waals surface area contributed by atoms with Crippen molar-refractivity contribution in [2.24, 2.45) is 5.73 Å². The van der Waals surface area contributed by atoms with Crippen LogP contribution in [0.3, 0.4) is 0 Å². The van der Waals surface area contributed by atoms with Crippen molar-refractivity contribution in [3.8, 4) is 0 Å². The first-order chi connectivity index (χ1) is 7.07. The monoisotopic (exact) mass is 214 g/mol. The summed E-state index contributed by atoms with van der Waals surface area (Å²) in [6, 6.07) is -0.159. The van der Waals surface area contributed by atoms with E-state index < -0.39 is 0 Å².